The second-order valence-corrected chi connectivity index (χ2v) is 6.32. The van der Waals surface area contributed by atoms with E-state index in [0.717, 1.165) is 18.4 Å². The Morgan fingerprint density at radius 3 is 2.80 bits per heavy atom. The second kappa shape index (κ2) is 7.65. The van der Waals surface area contributed by atoms with Gasteiger partial charge in [-0.2, -0.15) is 0 Å². The van der Waals surface area contributed by atoms with Crippen LogP contribution >= 0.6 is 0 Å². The van der Waals surface area contributed by atoms with Crippen molar-refractivity contribution in [2.45, 2.75) is 38.5 Å². The summed E-state index contributed by atoms with van der Waals surface area (Å²) in [4.78, 5) is 14.1. The fourth-order valence-electron chi connectivity index (χ4n) is 2.98. The van der Waals surface area contributed by atoms with Crippen molar-refractivity contribution in [3.63, 3.8) is 0 Å². The number of benzene rings is 1. The third-order valence-electron chi connectivity index (χ3n) is 4.27. The van der Waals surface area contributed by atoms with E-state index in [0.29, 0.717) is 24.6 Å². The summed E-state index contributed by atoms with van der Waals surface area (Å²) >= 11 is 0. The Morgan fingerprint density at radius 2 is 2.20 bits per heavy atom. The molecule has 0 unspecified atom stereocenters. The van der Waals surface area contributed by atoms with Gasteiger partial charge in [-0.05, 0) is 37.5 Å². The summed E-state index contributed by atoms with van der Waals surface area (Å²) in [5, 5.41) is 6.90. The lowest BCUT2D eigenvalue weighted by Gasteiger charge is -2.27. The van der Waals surface area contributed by atoms with Crippen molar-refractivity contribution >= 4 is 6.03 Å². The lowest BCUT2D eigenvalue weighted by atomic mass is 9.99. The molecule has 2 amide bonds. The molecular weight excluding hydrogens is 325 g/mol. The van der Waals surface area contributed by atoms with Gasteiger partial charge >= 0.3 is 6.03 Å². The van der Waals surface area contributed by atoms with Crippen molar-refractivity contribution in [2.24, 2.45) is 0 Å². The maximum Gasteiger partial charge on any atom is 0.318 e. The van der Waals surface area contributed by atoms with Crippen LogP contribution < -0.4 is 5.32 Å². The van der Waals surface area contributed by atoms with E-state index in [-0.39, 0.29) is 24.0 Å². The number of carbonyl (C=O) groups is 1. The highest BCUT2D eigenvalue weighted by atomic mass is 19.1. The van der Waals surface area contributed by atoms with Crippen molar-refractivity contribution in [3.8, 4) is 0 Å². The summed E-state index contributed by atoms with van der Waals surface area (Å²) < 4.78 is 24.0. The molecule has 0 aliphatic carbocycles. The molecule has 134 valence electrons. The van der Waals surface area contributed by atoms with Crippen LogP contribution in [0.2, 0.25) is 0 Å². The average molecular weight is 347 g/mol. The maximum absolute atomic E-state index is 13.2. The number of nitrogens with zero attached hydrogens (tertiary/aromatic N) is 2. The number of aromatic nitrogens is 1. The van der Waals surface area contributed by atoms with Gasteiger partial charge in [0.25, 0.3) is 0 Å². The van der Waals surface area contributed by atoms with Crippen molar-refractivity contribution in [2.75, 3.05) is 13.7 Å². The molecule has 0 spiro atoms. The Kier molecular flexibility index (Phi) is 5.33. The molecule has 6 nitrogen and oxygen atoms in total. The number of rotatable bonds is 5. The van der Waals surface area contributed by atoms with Crippen LogP contribution in [0.15, 0.2) is 34.9 Å². The minimum absolute atomic E-state index is 0.114. The number of amides is 2. The molecule has 7 heteroatoms. The molecule has 0 radical (unpaired) electrons. The quantitative estimate of drug-likeness (QED) is 0.902. The largest absolute Gasteiger partial charge is 0.376 e. The fraction of sp³-hybridized carbons (Fsp3) is 0.444. The highest BCUT2D eigenvalue weighted by molar-refractivity contribution is 5.74. The van der Waals surface area contributed by atoms with Crippen LogP contribution in [-0.4, -0.2) is 35.8 Å². The molecule has 1 aliphatic heterocycles. The molecule has 0 bridgehead atoms. The molecule has 0 saturated carbocycles. The topological polar surface area (TPSA) is 67.6 Å². The number of nitrogens with one attached hydrogen (secondary N) is 1. The molecule has 1 aromatic carbocycles. The molecule has 2 aromatic rings. The first-order valence-electron chi connectivity index (χ1n) is 8.34. The van der Waals surface area contributed by atoms with Crippen molar-refractivity contribution in [3.05, 3.63) is 53.2 Å². The lowest BCUT2D eigenvalue weighted by molar-refractivity contribution is 0.0784. The van der Waals surface area contributed by atoms with E-state index >= 15 is 0 Å². The number of ether oxygens (including phenoxy) is 1. The monoisotopic (exact) mass is 347 g/mol. The summed E-state index contributed by atoms with van der Waals surface area (Å²) in [6.45, 7) is 2.82. The van der Waals surface area contributed by atoms with Crippen LogP contribution in [0.1, 0.15) is 35.9 Å². The molecule has 2 heterocycles. The van der Waals surface area contributed by atoms with Crippen LogP contribution in [-0.2, 0) is 11.3 Å². The van der Waals surface area contributed by atoms with E-state index < -0.39 is 0 Å². The number of carbonyl (C=O) groups excluding carboxylic acids is 1. The van der Waals surface area contributed by atoms with Crippen molar-refractivity contribution < 1.29 is 18.4 Å². The molecular formula is C18H22FN3O3. The van der Waals surface area contributed by atoms with Crippen LogP contribution in [0, 0.1) is 12.7 Å². The standard InChI is InChI=1S/C18H22FN3O3/c1-12-10-15(21-25-12)11-22(2)18(23)20-17(16-4-3-9-24-16)13-5-7-14(19)8-6-13/h5-8,10,16-17H,3-4,9,11H2,1-2H3,(H,20,23)/t16-,17+/m1/s1. The zero-order chi connectivity index (χ0) is 17.8. The van der Waals surface area contributed by atoms with E-state index in [2.05, 4.69) is 10.5 Å². The van der Waals surface area contributed by atoms with Gasteiger partial charge in [0.2, 0.25) is 0 Å². The normalized spacial score (nSPS) is 18.1. The SMILES string of the molecule is Cc1cc(CN(C)C(=O)N[C@@H](c2ccc(F)cc2)[C@H]2CCCO2)no1. The molecule has 2 atom stereocenters. The van der Waals surface area contributed by atoms with E-state index in [1.165, 1.54) is 17.0 Å². The summed E-state index contributed by atoms with van der Waals surface area (Å²) in [6.07, 6.45) is 1.69. The number of halogens is 1. The van der Waals surface area contributed by atoms with Gasteiger partial charge in [0, 0.05) is 19.7 Å². The predicted octanol–water partition coefficient (Wildman–Crippen LogP) is 3.18. The summed E-state index contributed by atoms with van der Waals surface area (Å²) in [7, 11) is 1.69. The predicted molar refractivity (Wildman–Crippen MR) is 89.4 cm³/mol. The average Bonchev–Trinajstić information content (AvgIpc) is 3.25. The van der Waals surface area contributed by atoms with Gasteiger partial charge in [-0.3, -0.25) is 0 Å². The van der Waals surface area contributed by atoms with Crippen LogP contribution in [0.25, 0.3) is 0 Å². The van der Waals surface area contributed by atoms with Crippen LogP contribution in [0.5, 0.6) is 0 Å². The van der Waals surface area contributed by atoms with E-state index in [4.69, 9.17) is 9.26 Å². The third kappa shape index (κ3) is 4.36. The van der Waals surface area contributed by atoms with Gasteiger partial charge in [0.15, 0.2) is 0 Å². The van der Waals surface area contributed by atoms with Crippen LogP contribution in [0.4, 0.5) is 9.18 Å². The summed E-state index contributed by atoms with van der Waals surface area (Å²) in [5.41, 5.74) is 1.51. The minimum atomic E-state index is -0.322. The number of urea groups is 1. The Hall–Kier alpha value is -2.41. The first kappa shape index (κ1) is 17.4. The number of aryl methyl sites for hydroxylation is 1. The Labute approximate surface area is 145 Å². The Balaban J connectivity index is 1.70. The number of hydrogen-bond donors (Lipinski definition) is 1. The van der Waals surface area contributed by atoms with Gasteiger partial charge in [-0.25, -0.2) is 9.18 Å². The second-order valence-electron chi connectivity index (χ2n) is 6.32. The van der Waals surface area contributed by atoms with E-state index in [1.54, 1.807) is 32.2 Å². The van der Waals surface area contributed by atoms with Gasteiger partial charge in [-0.15, -0.1) is 0 Å². The van der Waals surface area contributed by atoms with Crippen molar-refractivity contribution in [1.82, 2.24) is 15.4 Å². The molecule has 3 rings (SSSR count). The molecule has 1 fully saturated rings. The third-order valence-corrected chi connectivity index (χ3v) is 4.27. The zero-order valence-corrected chi connectivity index (χ0v) is 14.4. The highest BCUT2D eigenvalue weighted by Crippen LogP contribution is 2.27. The number of hydrogen-bond acceptors (Lipinski definition) is 4. The van der Waals surface area contributed by atoms with E-state index in [9.17, 15) is 9.18 Å². The minimum Gasteiger partial charge on any atom is -0.376 e. The highest BCUT2D eigenvalue weighted by Gasteiger charge is 2.29. The lowest BCUT2D eigenvalue weighted by Crippen LogP contribution is -2.42. The first-order chi connectivity index (χ1) is 12.0. The van der Waals surface area contributed by atoms with Crippen molar-refractivity contribution in [1.29, 1.82) is 0 Å². The van der Waals surface area contributed by atoms with E-state index in [1.807, 2.05) is 0 Å². The summed E-state index contributed by atoms with van der Waals surface area (Å²) in [5.74, 6) is 0.395. The van der Waals surface area contributed by atoms with Gasteiger partial charge in [0.1, 0.15) is 17.3 Å². The first-order valence-corrected chi connectivity index (χ1v) is 8.34. The summed E-state index contributed by atoms with van der Waals surface area (Å²) in [6, 6.07) is 7.38. The molecule has 1 aromatic heterocycles. The molecule has 1 saturated heterocycles. The van der Waals surface area contributed by atoms with Gasteiger partial charge in [0.05, 0.1) is 18.7 Å². The fourth-order valence-corrected chi connectivity index (χ4v) is 2.98. The Morgan fingerprint density at radius 1 is 1.44 bits per heavy atom. The Bertz CT molecular complexity index is 711. The smallest absolute Gasteiger partial charge is 0.318 e. The van der Waals surface area contributed by atoms with Gasteiger partial charge in [-0.1, -0.05) is 17.3 Å². The molecule has 1 aliphatic rings. The van der Waals surface area contributed by atoms with Crippen LogP contribution in [0.3, 0.4) is 0 Å². The molecule has 1 N–H and O–H groups in total. The van der Waals surface area contributed by atoms with Gasteiger partial charge < -0.3 is 19.5 Å². The molecule has 25 heavy (non-hydrogen) atoms. The maximum atomic E-state index is 13.2. The zero-order valence-electron chi connectivity index (χ0n) is 14.4.